The third kappa shape index (κ3) is 3.55. The summed E-state index contributed by atoms with van der Waals surface area (Å²) in [5.74, 6) is -0.625. The van der Waals surface area contributed by atoms with Crippen LogP contribution in [0.25, 0.3) is 11.3 Å². The average Bonchev–Trinajstić information content (AvgIpc) is 3.05. The topological polar surface area (TPSA) is 147 Å². The van der Waals surface area contributed by atoms with Crippen molar-refractivity contribution in [2.45, 2.75) is 17.7 Å². The SMILES string of the molecule is C=CC1=C(/C=C\CN)CCc2c(C(N)=O)nn(-c3ccc(S(N)(=O)=O)cc3)c21. The molecule has 0 spiro atoms. The summed E-state index contributed by atoms with van der Waals surface area (Å²) in [6.07, 6.45) is 6.77. The van der Waals surface area contributed by atoms with Gasteiger partial charge in [-0.3, -0.25) is 4.79 Å². The lowest BCUT2D eigenvalue weighted by molar-refractivity contribution is 0.0994. The molecule has 1 aliphatic rings. The van der Waals surface area contributed by atoms with Crippen LogP contribution in [0.3, 0.4) is 0 Å². The molecule has 0 radical (unpaired) electrons. The van der Waals surface area contributed by atoms with Crippen LogP contribution in [0.2, 0.25) is 0 Å². The first-order valence-corrected chi connectivity index (χ1v) is 10.1. The van der Waals surface area contributed by atoms with Crippen molar-refractivity contribution in [3.05, 3.63) is 71.6 Å². The number of allylic oxidation sites excluding steroid dienone is 4. The maximum atomic E-state index is 11.9. The van der Waals surface area contributed by atoms with Crippen molar-refractivity contribution in [2.75, 3.05) is 6.54 Å². The van der Waals surface area contributed by atoms with Crippen LogP contribution >= 0.6 is 0 Å². The van der Waals surface area contributed by atoms with Crippen LogP contribution in [0.1, 0.15) is 28.2 Å². The number of primary sulfonamides is 1. The average molecular weight is 399 g/mol. The summed E-state index contributed by atoms with van der Waals surface area (Å²) in [5, 5.41) is 9.56. The summed E-state index contributed by atoms with van der Waals surface area (Å²) in [5.41, 5.74) is 15.1. The predicted molar refractivity (Wildman–Crippen MR) is 107 cm³/mol. The highest BCUT2D eigenvalue weighted by molar-refractivity contribution is 7.89. The number of benzene rings is 1. The van der Waals surface area contributed by atoms with Gasteiger partial charge in [-0.25, -0.2) is 18.2 Å². The van der Waals surface area contributed by atoms with Gasteiger partial charge in [-0.05, 0) is 42.7 Å². The second-order valence-corrected chi connectivity index (χ2v) is 7.83. The largest absolute Gasteiger partial charge is 0.364 e. The normalized spacial score (nSPS) is 14.4. The van der Waals surface area contributed by atoms with Crippen LogP contribution < -0.4 is 16.6 Å². The molecule has 0 aliphatic heterocycles. The fourth-order valence-electron chi connectivity index (χ4n) is 3.28. The highest BCUT2D eigenvalue weighted by Gasteiger charge is 2.28. The van der Waals surface area contributed by atoms with Crippen LogP contribution in [0, 0.1) is 0 Å². The Labute approximate surface area is 163 Å². The van der Waals surface area contributed by atoms with Crippen molar-refractivity contribution in [1.82, 2.24) is 9.78 Å². The maximum absolute atomic E-state index is 11.9. The van der Waals surface area contributed by atoms with E-state index in [-0.39, 0.29) is 10.6 Å². The molecular weight excluding hydrogens is 378 g/mol. The first-order valence-electron chi connectivity index (χ1n) is 8.55. The Balaban J connectivity index is 2.24. The number of amides is 1. The van der Waals surface area contributed by atoms with E-state index in [4.69, 9.17) is 16.6 Å². The van der Waals surface area contributed by atoms with Gasteiger partial charge < -0.3 is 11.5 Å². The molecule has 1 aromatic carbocycles. The number of aromatic nitrogens is 2. The number of nitrogens with zero attached hydrogens (tertiary/aromatic N) is 2. The first kappa shape index (κ1) is 19.7. The van der Waals surface area contributed by atoms with Gasteiger partial charge in [0.1, 0.15) is 0 Å². The Morgan fingerprint density at radius 3 is 2.46 bits per heavy atom. The van der Waals surface area contributed by atoms with Crippen molar-refractivity contribution < 1.29 is 13.2 Å². The van der Waals surface area contributed by atoms with E-state index in [0.717, 1.165) is 16.7 Å². The molecule has 1 aliphatic carbocycles. The van der Waals surface area contributed by atoms with Gasteiger partial charge in [0.2, 0.25) is 10.0 Å². The molecule has 6 N–H and O–H groups in total. The number of hydrogen-bond donors (Lipinski definition) is 3. The van der Waals surface area contributed by atoms with E-state index in [1.165, 1.54) is 12.1 Å². The van der Waals surface area contributed by atoms with Crippen molar-refractivity contribution in [3.8, 4) is 5.69 Å². The van der Waals surface area contributed by atoms with Gasteiger partial charge in [-0.1, -0.05) is 24.8 Å². The molecule has 1 amide bonds. The molecule has 28 heavy (non-hydrogen) atoms. The molecule has 0 fully saturated rings. The fraction of sp³-hybridized carbons (Fsp3) is 0.158. The lowest BCUT2D eigenvalue weighted by atomic mass is 9.88. The minimum Gasteiger partial charge on any atom is -0.364 e. The Morgan fingerprint density at radius 2 is 1.93 bits per heavy atom. The minimum atomic E-state index is -3.81. The molecule has 9 heteroatoms. The standard InChI is InChI=1S/C19H21N5O3S/c1-2-15-12(4-3-11-20)5-10-16-17(19(21)25)23-24(18(15)16)13-6-8-14(9-7-13)28(22,26)27/h2-4,6-9H,1,5,10-11,20H2,(H2,21,25)(H2,22,26,27)/b4-3-. The lowest BCUT2D eigenvalue weighted by Crippen LogP contribution is -2.15. The summed E-state index contributed by atoms with van der Waals surface area (Å²) in [4.78, 5) is 11.9. The lowest BCUT2D eigenvalue weighted by Gasteiger charge is -2.19. The highest BCUT2D eigenvalue weighted by atomic mass is 32.2. The number of carbonyl (C=O) groups is 1. The van der Waals surface area contributed by atoms with Crippen LogP contribution in [0.15, 0.2) is 59.5 Å². The Morgan fingerprint density at radius 1 is 1.25 bits per heavy atom. The smallest absolute Gasteiger partial charge is 0.269 e. The van der Waals surface area contributed by atoms with E-state index in [2.05, 4.69) is 11.7 Å². The Bertz CT molecular complexity index is 1110. The van der Waals surface area contributed by atoms with Crippen LogP contribution in [0.4, 0.5) is 0 Å². The molecule has 8 nitrogen and oxygen atoms in total. The van der Waals surface area contributed by atoms with Crippen molar-refractivity contribution in [2.24, 2.45) is 16.6 Å². The molecule has 0 atom stereocenters. The van der Waals surface area contributed by atoms with Gasteiger partial charge >= 0.3 is 0 Å². The summed E-state index contributed by atoms with van der Waals surface area (Å²) in [6, 6.07) is 5.92. The Hall–Kier alpha value is -3.01. The monoisotopic (exact) mass is 399 g/mol. The number of sulfonamides is 1. The molecule has 1 aromatic heterocycles. The second kappa shape index (κ2) is 7.55. The maximum Gasteiger partial charge on any atom is 0.269 e. The third-order valence-electron chi connectivity index (χ3n) is 4.53. The molecule has 0 saturated carbocycles. The van der Waals surface area contributed by atoms with E-state index in [9.17, 15) is 13.2 Å². The molecule has 0 unspecified atom stereocenters. The zero-order valence-corrected chi connectivity index (χ0v) is 15.9. The summed E-state index contributed by atoms with van der Waals surface area (Å²) in [6.45, 7) is 4.31. The van der Waals surface area contributed by atoms with Crippen LogP contribution in [-0.2, 0) is 16.4 Å². The second-order valence-electron chi connectivity index (χ2n) is 6.27. The fourth-order valence-corrected chi connectivity index (χ4v) is 3.80. The molecule has 1 heterocycles. The summed E-state index contributed by atoms with van der Waals surface area (Å²) >= 11 is 0. The third-order valence-corrected chi connectivity index (χ3v) is 5.46. The van der Waals surface area contributed by atoms with Crippen molar-refractivity contribution in [1.29, 1.82) is 0 Å². The number of rotatable bonds is 6. The van der Waals surface area contributed by atoms with E-state index in [1.807, 2.05) is 12.2 Å². The van der Waals surface area contributed by atoms with Crippen molar-refractivity contribution >= 4 is 21.5 Å². The molecule has 146 valence electrons. The van der Waals surface area contributed by atoms with Crippen LogP contribution in [0.5, 0.6) is 0 Å². The van der Waals surface area contributed by atoms with E-state index in [0.29, 0.717) is 30.8 Å². The van der Waals surface area contributed by atoms with Gasteiger partial charge in [-0.15, -0.1) is 0 Å². The zero-order chi connectivity index (χ0) is 20.5. The minimum absolute atomic E-state index is 0.0153. The number of nitrogens with two attached hydrogens (primary N) is 3. The quantitative estimate of drug-likeness (QED) is 0.663. The molecular formula is C19H21N5O3S. The summed E-state index contributed by atoms with van der Waals surface area (Å²) in [7, 11) is -3.81. The molecule has 2 aromatic rings. The van der Waals surface area contributed by atoms with Gasteiger partial charge in [0.05, 0.1) is 16.3 Å². The van der Waals surface area contributed by atoms with Crippen molar-refractivity contribution in [3.63, 3.8) is 0 Å². The van der Waals surface area contributed by atoms with E-state index >= 15 is 0 Å². The highest BCUT2D eigenvalue weighted by Crippen LogP contribution is 2.36. The molecule has 0 bridgehead atoms. The van der Waals surface area contributed by atoms with E-state index < -0.39 is 15.9 Å². The number of fused-ring (bicyclic) bond motifs is 1. The van der Waals surface area contributed by atoms with Gasteiger partial charge in [0.15, 0.2) is 5.69 Å². The molecule has 3 rings (SSSR count). The van der Waals surface area contributed by atoms with Gasteiger partial charge in [0.25, 0.3) is 5.91 Å². The van der Waals surface area contributed by atoms with Gasteiger partial charge in [-0.2, -0.15) is 5.10 Å². The number of primary amides is 1. The van der Waals surface area contributed by atoms with E-state index in [1.54, 1.807) is 22.9 Å². The predicted octanol–water partition coefficient (Wildman–Crippen LogP) is 1.02. The summed E-state index contributed by atoms with van der Waals surface area (Å²) < 4.78 is 24.6. The molecule has 0 saturated heterocycles. The zero-order valence-electron chi connectivity index (χ0n) is 15.1. The Kier molecular flexibility index (Phi) is 5.32. The first-order chi connectivity index (χ1) is 13.3. The number of carbonyl (C=O) groups excluding carboxylic acids is 1. The number of hydrogen-bond acceptors (Lipinski definition) is 5. The van der Waals surface area contributed by atoms with Crippen LogP contribution in [-0.4, -0.2) is 30.7 Å². The van der Waals surface area contributed by atoms with Gasteiger partial charge in [0, 0.05) is 17.7 Å².